The molecular formula is C9H18O2S. The summed E-state index contributed by atoms with van der Waals surface area (Å²) in [7, 11) is 0. The van der Waals surface area contributed by atoms with Crippen LogP contribution in [0, 0.1) is 0 Å². The van der Waals surface area contributed by atoms with Crippen molar-refractivity contribution in [1.29, 1.82) is 0 Å². The quantitative estimate of drug-likeness (QED) is 0.532. The van der Waals surface area contributed by atoms with Gasteiger partial charge in [0.05, 0.1) is 0 Å². The van der Waals surface area contributed by atoms with Crippen LogP contribution in [0.25, 0.3) is 0 Å². The fourth-order valence-corrected chi connectivity index (χ4v) is 0.813. The molecule has 0 atom stereocenters. The maximum Gasteiger partial charge on any atom is 0.306 e. The summed E-state index contributed by atoms with van der Waals surface area (Å²) in [4.78, 5) is 11.1. The molecule has 12 heavy (non-hydrogen) atoms. The average Bonchev–Trinajstić information content (AvgIpc) is 2.00. The van der Waals surface area contributed by atoms with Crippen molar-refractivity contribution in [2.75, 3.05) is 5.75 Å². The summed E-state index contributed by atoms with van der Waals surface area (Å²) >= 11 is 4.02. The van der Waals surface area contributed by atoms with Crippen molar-refractivity contribution >= 4 is 18.6 Å². The van der Waals surface area contributed by atoms with Crippen molar-refractivity contribution in [3.05, 3.63) is 0 Å². The fraction of sp³-hybridized carbons (Fsp3) is 0.889. The maximum atomic E-state index is 11.1. The van der Waals surface area contributed by atoms with E-state index in [1.54, 1.807) is 0 Å². The molecule has 0 radical (unpaired) electrons. The lowest BCUT2D eigenvalue weighted by Crippen LogP contribution is -2.26. The van der Waals surface area contributed by atoms with Gasteiger partial charge in [-0.15, -0.1) is 0 Å². The van der Waals surface area contributed by atoms with E-state index in [2.05, 4.69) is 12.6 Å². The van der Waals surface area contributed by atoms with Gasteiger partial charge in [0.1, 0.15) is 5.60 Å². The van der Waals surface area contributed by atoms with Gasteiger partial charge in [-0.05, 0) is 32.4 Å². The molecule has 72 valence electrons. The first-order chi connectivity index (χ1) is 5.52. The van der Waals surface area contributed by atoms with E-state index in [0.29, 0.717) is 6.42 Å². The zero-order chi connectivity index (χ0) is 9.61. The van der Waals surface area contributed by atoms with Crippen molar-refractivity contribution in [3.63, 3.8) is 0 Å². The van der Waals surface area contributed by atoms with Gasteiger partial charge in [0.2, 0.25) is 0 Å². The average molecular weight is 190 g/mol. The third-order valence-corrected chi connectivity index (χ3v) is 2.10. The molecule has 0 amide bonds. The van der Waals surface area contributed by atoms with E-state index < -0.39 is 0 Å². The minimum atomic E-state index is -0.312. The summed E-state index contributed by atoms with van der Waals surface area (Å²) < 4.78 is 5.22. The van der Waals surface area contributed by atoms with Gasteiger partial charge >= 0.3 is 5.97 Å². The Bertz CT molecular complexity index is 143. The van der Waals surface area contributed by atoms with Crippen LogP contribution in [0.5, 0.6) is 0 Å². The van der Waals surface area contributed by atoms with Crippen LogP contribution >= 0.6 is 12.6 Å². The minimum absolute atomic E-state index is 0.115. The highest BCUT2D eigenvalue weighted by Gasteiger charge is 2.19. The van der Waals surface area contributed by atoms with Crippen LogP contribution in [0.15, 0.2) is 0 Å². The van der Waals surface area contributed by atoms with E-state index in [-0.39, 0.29) is 11.6 Å². The molecule has 0 saturated carbocycles. The second-order valence-corrected chi connectivity index (χ2v) is 3.86. The van der Waals surface area contributed by atoms with Crippen LogP contribution in [0.3, 0.4) is 0 Å². The van der Waals surface area contributed by atoms with Crippen LogP contribution < -0.4 is 0 Å². The van der Waals surface area contributed by atoms with E-state index in [9.17, 15) is 4.79 Å². The Labute approximate surface area is 80.1 Å². The van der Waals surface area contributed by atoms with Gasteiger partial charge in [0.15, 0.2) is 0 Å². The monoisotopic (exact) mass is 190 g/mol. The predicted octanol–water partition coefficient (Wildman–Crippen LogP) is 2.43. The molecule has 0 N–H and O–H groups in total. The third-order valence-electron chi connectivity index (χ3n) is 1.78. The van der Waals surface area contributed by atoms with E-state index in [0.717, 1.165) is 18.6 Å². The Balaban J connectivity index is 3.68. The Morgan fingerprint density at radius 3 is 2.50 bits per heavy atom. The number of ether oxygens (including phenoxy) is 1. The molecule has 0 heterocycles. The highest BCUT2D eigenvalue weighted by Crippen LogP contribution is 2.14. The lowest BCUT2D eigenvalue weighted by Gasteiger charge is -2.23. The highest BCUT2D eigenvalue weighted by atomic mass is 32.1. The van der Waals surface area contributed by atoms with Crippen LogP contribution in [-0.2, 0) is 9.53 Å². The number of carbonyl (C=O) groups excluding carboxylic acids is 1. The molecule has 0 unspecified atom stereocenters. The molecule has 0 aromatic carbocycles. The molecule has 0 aliphatic rings. The number of hydrogen-bond donors (Lipinski definition) is 1. The topological polar surface area (TPSA) is 26.3 Å². The first-order valence-corrected chi connectivity index (χ1v) is 4.98. The summed E-state index contributed by atoms with van der Waals surface area (Å²) in [5.74, 6) is 0.623. The van der Waals surface area contributed by atoms with Gasteiger partial charge < -0.3 is 4.74 Å². The molecule has 0 bridgehead atoms. The predicted molar refractivity (Wildman–Crippen MR) is 53.5 cm³/mol. The van der Waals surface area contributed by atoms with Crippen LogP contribution in [0.2, 0.25) is 0 Å². The first-order valence-electron chi connectivity index (χ1n) is 4.34. The Kier molecular flexibility index (Phi) is 5.38. The van der Waals surface area contributed by atoms with Crippen molar-refractivity contribution in [3.8, 4) is 0 Å². The number of carbonyl (C=O) groups is 1. The molecule has 2 nitrogen and oxygen atoms in total. The van der Waals surface area contributed by atoms with Gasteiger partial charge in [-0.2, -0.15) is 12.6 Å². The summed E-state index contributed by atoms with van der Waals surface area (Å²) in [6.07, 6.45) is 2.12. The standard InChI is InChI=1S/C9H18O2S/c1-4-9(2,3)11-8(10)6-5-7-12/h12H,4-7H2,1-3H3. The van der Waals surface area contributed by atoms with Crippen LogP contribution in [0.4, 0.5) is 0 Å². The summed E-state index contributed by atoms with van der Waals surface area (Å²) in [5, 5.41) is 0. The molecule has 0 aliphatic carbocycles. The molecule has 0 aliphatic heterocycles. The molecule has 0 fully saturated rings. The third kappa shape index (κ3) is 5.47. The second-order valence-electron chi connectivity index (χ2n) is 3.41. The van der Waals surface area contributed by atoms with Gasteiger partial charge in [-0.25, -0.2) is 0 Å². The Morgan fingerprint density at radius 2 is 2.08 bits per heavy atom. The van der Waals surface area contributed by atoms with Crippen molar-refractivity contribution in [2.24, 2.45) is 0 Å². The lowest BCUT2D eigenvalue weighted by atomic mass is 10.1. The molecule has 0 spiro atoms. The van der Waals surface area contributed by atoms with Gasteiger partial charge in [-0.1, -0.05) is 6.92 Å². The SMILES string of the molecule is CCC(C)(C)OC(=O)CCCS. The summed E-state index contributed by atoms with van der Waals surface area (Å²) in [5.41, 5.74) is -0.312. The first kappa shape index (κ1) is 11.8. The number of hydrogen-bond acceptors (Lipinski definition) is 3. The van der Waals surface area contributed by atoms with E-state index in [4.69, 9.17) is 4.74 Å². The minimum Gasteiger partial charge on any atom is -0.460 e. The fourth-order valence-electron chi connectivity index (χ4n) is 0.655. The van der Waals surface area contributed by atoms with Gasteiger partial charge in [0.25, 0.3) is 0 Å². The molecule has 3 heteroatoms. The smallest absolute Gasteiger partial charge is 0.306 e. The Morgan fingerprint density at radius 1 is 1.50 bits per heavy atom. The van der Waals surface area contributed by atoms with Crippen LogP contribution in [-0.4, -0.2) is 17.3 Å². The lowest BCUT2D eigenvalue weighted by molar-refractivity contribution is -0.156. The van der Waals surface area contributed by atoms with E-state index >= 15 is 0 Å². The van der Waals surface area contributed by atoms with Gasteiger partial charge in [0, 0.05) is 6.42 Å². The van der Waals surface area contributed by atoms with E-state index in [1.807, 2.05) is 20.8 Å². The highest BCUT2D eigenvalue weighted by molar-refractivity contribution is 7.80. The normalized spacial score (nSPS) is 11.3. The summed E-state index contributed by atoms with van der Waals surface area (Å²) in [6, 6.07) is 0. The molecule has 0 saturated heterocycles. The number of esters is 1. The number of thiol groups is 1. The van der Waals surface area contributed by atoms with E-state index in [1.165, 1.54) is 0 Å². The maximum absolute atomic E-state index is 11.1. The zero-order valence-electron chi connectivity index (χ0n) is 8.09. The zero-order valence-corrected chi connectivity index (χ0v) is 8.99. The molecule has 0 aromatic heterocycles. The summed E-state index contributed by atoms with van der Waals surface area (Å²) in [6.45, 7) is 5.85. The molecule has 0 rings (SSSR count). The van der Waals surface area contributed by atoms with Crippen molar-refractivity contribution in [1.82, 2.24) is 0 Å². The Hall–Kier alpha value is -0.180. The molecule has 0 aromatic rings. The van der Waals surface area contributed by atoms with Crippen molar-refractivity contribution in [2.45, 2.75) is 45.6 Å². The van der Waals surface area contributed by atoms with Crippen LogP contribution in [0.1, 0.15) is 40.0 Å². The second kappa shape index (κ2) is 5.46. The number of rotatable bonds is 5. The van der Waals surface area contributed by atoms with Gasteiger partial charge in [-0.3, -0.25) is 4.79 Å². The van der Waals surface area contributed by atoms with Crippen molar-refractivity contribution < 1.29 is 9.53 Å². The molecular weight excluding hydrogens is 172 g/mol. The largest absolute Gasteiger partial charge is 0.460 e.